The van der Waals surface area contributed by atoms with Crippen LogP contribution in [0.5, 0.6) is 0 Å². The van der Waals surface area contributed by atoms with Gasteiger partial charge in [-0.05, 0) is 143 Å². The smallest absolute Gasteiger partial charge is 0.306 e. The molecule has 0 heterocycles. The Morgan fingerprint density at radius 1 is 0.754 bits per heavy atom. The fourth-order valence-corrected chi connectivity index (χ4v) is 13.3. The molecule has 0 aromatic carbocycles. The van der Waals surface area contributed by atoms with E-state index in [2.05, 4.69) is 57.3 Å². The lowest BCUT2D eigenvalue weighted by atomic mass is 9.43. The summed E-state index contributed by atoms with van der Waals surface area (Å²) in [5, 5.41) is 14.6. The minimum absolute atomic E-state index is 0.0105. The predicted molar refractivity (Wildman–Crippen MR) is 251 cm³/mol. The molecule has 0 aromatic rings. The first-order valence-corrected chi connectivity index (χ1v) is 27.3. The zero-order valence-corrected chi connectivity index (χ0v) is 40.2. The van der Waals surface area contributed by atoms with E-state index < -0.39 is 15.9 Å². The molecule has 0 saturated heterocycles. The largest absolute Gasteiger partial charge is 0.462 e. The number of hydrogen-bond donors (Lipinski definition) is 3. The number of aliphatic hydroxyl groups excluding tert-OH is 1. The molecular formula is C52H91NO7S. The number of carbonyl (C=O) groups is 2. The van der Waals surface area contributed by atoms with Crippen LogP contribution in [-0.2, 0) is 24.4 Å². The van der Waals surface area contributed by atoms with E-state index in [1.807, 2.05) is 0 Å². The number of hydrogen-bond acceptors (Lipinski definition) is 6. The molecule has 0 radical (unpaired) electrons. The van der Waals surface area contributed by atoms with Crippen LogP contribution in [0.1, 0.15) is 220 Å². The van der Waals surface area contributed by atoms with Crippen LogP contribution < -0.4 is 5.32 Å². The van der Waals surface area contributed by atoms with Gasteiger partial charge in [0.15, 0.2) is 0 Å². The van der Waals surface area contributed by atoms with Gasteiger partial charge in [-0.3, -0.25) is 14.1 Å². The summed E-state index contributed by atoms with van der Waals surface area (Å²) >= 11 is 0. The van der Waals surface area contributed by atoms with Crippen LogP contribution in [0.4, 0.5) is 0 Å². The Bertz CT molecular complexity index is 1450. The van der Waals surface area contributed by atoms with Gasteiger partial charge < -0.3 is 15.2 Å². The predicted octanol–water partition coefficient (Wildman–Crippen LogP) is 12.9. The lowest BCUT2D eigenvalue weighted by Crippen LogP contribution is -2.59. The van der Waals surface area contributed by atoms with E-state index in [0.29, 0.717) is 48.9 Å². The summed E-state index contributed by atoms with van der Waals surface area (Å²) in [6.07, 6.45) is 43.2. The van der Waals surface area contributed by atoms with E-state index in [9.17, 15) is 23.1 Å². The molecule has 3 N–H and O–H groups in total. The molecule has 10 unspecified atom stereocenters. The van der Waals surface area contributed by atoms with Crippen LogP contribution in [0.2, 0.25) is 0 Å². The SMILES string of the molecule is CCCCCCC/C=C\C/C=C\CCCCCCCCCCCCCC(=O)OC1CCC2(C)C(CCC3C2CC(O)C2(C)C(C(C)CCC(=O)NCCS(=O)(=O)O)CCC32)C1. The van der Waals surface area contributed by atoms with Crippen LogP contribution >= 0.6 is 0 Å². The highest BCUT2D eigenvalue weighted by molar-refractivity contribution is 7.85. The maximum atomic E-state index is 12.9. The van der Waals surface area contributed by atoms with Gasteiger partial charge in [0.05, 0.1) is 11.9 Å². The van der Waals surface area contributed by atoms with Crippen molar-refractivity contribution in [2.24, 2.45) is 46.3 Å². The summed E-state index contributed by atoms with van der Waals surface area (Å²) in [7, 11) is -4.10. The Labute approximate surface area is 373 Å². The van der Waals surface area contributed by atoms with Gasteiger partial charge in [-0.15, -0.1) is 0 Å². The van der Waals surface area contributed by atoms with Crippen LogP contribution in [0.25, 0.3) is 0 Å². The molecule has 352 valence electrons. The van der Waals surface area contributed by atoms with Crippen molar-refractivity contribution in [2.75, 3.05) is 12.3 Å². The molecule has 0 bridgehead atoms. The van der Waals surface area contributed by atoms with Crippen molar-refractivity contribution in [1.82, 2.24) is 5.32 Å². The molecule has 61 heavy (non-hydrogen) atoms. The van der Waals surface area contributed by atoms with Crippen molar-refractivity contribution >= 4 is 22.0 Å². The lowest BCUT2D eigenvalue weighted by Gasteiger charge is -2.62. The van der Waals surface area contributed by atoms with Gasteiger partial charge in [-0.2, -0.15) is 8.42 Å². The Kier molecular flexibility index (Phi) is 22.9. The van der Waals surface area contributed by atoms with Gasteiger partial charge in [-0.1, -0.05) is 135 Å². The fourth-order valence-electron chi connectivity index (χ4n) is 13.0. The van der Waals surface area contributed by atoms with E-state index >= 15 is 0 Å². The molecule has 4 aliphatic rings. The Morgan fingerprint density at radius 3 is 1.98 bits per heavy atom. The number of unbranched alkanes of at least 4 members (excludes halogenated alkanes) is 16. The van der Waals surface area contributed by atoms with Gasteiger partial charge in [0, 0.05) is 19.4 Å². The number of amides is 1. The first kappa shape index (κ1) is 51.9. The van der Waals surface area contributed by atoms with Crippen molar-refractivity contribution in [3.05, 3.63) is 24.3 Å². The van der Waals surface area contributed by atoms with Crippen LogP contribution in [0.15, 0.2) is 24.3 Å². The summed E-state index contributed by atoms with van der Waals surface area (Å²) in [6, 6.07) is 0. The standard InChI is InChI=1S/C52H91NO7S/c1-5-6-7-8-9-10-11-12-13-14-15-16-17-18-19-20-21-22-23-24-25-26-27-28-50(56)60-43-35-36-51(3)42(39-43)30-31-44-46-33-32-45(52(46,4)48(54)40-47(44)51)41(2)29-34-49(55)53-37-38-61(57,58)59/h11-12,14-15,41-48,54H,5-10,13,16-40H2,1-4H3,(H,53,55)(H,57,58,59)/b12-11-,15-14-. The number of esters is 1. The topological polar surface area (TPSA) is 130 Å². The van der Waals surface area contributed by atoms with Gasteiger partial charge in [0.1, 0.15) is 6.10 Å². The molecule has 4 saturated carbocycles. The van der Waals surface area contributed by atoms with Gasteiger partial charge >= 0.3 is 5.97 Å². The van der Waals surface area contributed by atoms with Crippen molar-refractivity contribution in [2.45, 2.75) is 233 Å². The molecular weight excluding hydrogens is 783 g/mol. The minimum atomic E-state index is -4.10. The number of fused-ring (bicyclic) bond motifs is 5. The number of aliphatic hydroxyl groups is 1. The number of rotatable bonds is 30. The second kappa shape index (κ2) is 26.9. The van der Waals surface area contributed by atoms with E-state index in [1.165, 1.54) is 116 Å². The van der Waals surface area contributed by atoms with Crippen molar-refractivity contribution in [3.63, 3.8) is 0 Å². The highest BCUT2D eigenvalue weighted by Crippen LogP contribution is 2.68. The van der Waals surface area contributed by atoms with Crippen LogP contribution in [0, 0.1) is 46.3 Å². The molecule has 4 rings (SSSR count). The highest BCUT2D eigenvalue weighted by Gasteiger charge is 2.63. The van der Waals surface area contributed by atoms with Gasteiger partial charge in [0.25, 0.3) is 10.1 Å². The third-order valence-corrected chi connectivity index (χ3v) is 17.3. The van der Waals surface area contributed by atoms with Gasteiger partial charge in [-0.25, -0.2) is 0 Å². The molecule has 8 nitrogen and oxygen atoms in total. The molecule has 4 aliphatic carbocycles. The summed E-state index contributed by atoms with van der Waals surface area (Å²) in [4.78, 5) is 25.4. The Hall–Kier alpha value is -1.71. The fraction of sp³-hybridized carbons (Fsp3) is 0.885. The number of allylic oxidation sites excluding steroid dienone is 4. The average molecular weight is 874 g/mol. The van der Waals surface area contributed by atoms with E-state index in [4.69, 9.17) is 9.29 Å². The van der Waals surface area contributed by atoms with Crippen molar-refractivity contribution in [3.8, 4) is 0 Å². The molecule has 0 aliphatic heterocycles. The zero-order chi connectivity index (χ0) is 44.1. The highest BCUT2D eigenvalue weighted by atomic mass is 32.2. The number of nitrogens with one attached hydrogen (secondary N) is 1. The normalized spacial score (nSPS) is 30.6. The molecule has 4 fully saturated rings. The maximum absolute atomic E-state index is 12.9. The lowest BCUT2D eigenvalue weighted by molar-refractivity contribution is -0.181. The zero-order valence-electron chi connectivity index (χ0n) is 39.4. The average Bonchev–Trinajstić information content (AvgIpc) is 3.59. The third kappa shape index (κ3) is 16.7. The summed E-state index contributed by atoms with van der Waals surface area (Å²) in [5.41, 5.74) is -0.000200. The second-order valence-electron chi connectivity index (χ2n) is 20.8. The summed E-state index contributed by atoms with van der Waals surface area (Å²) < 4.78 is 37.1. The Balaban J connectivity index is 1.03. The summed E-state index contributed by atoms with van der Waals surface area (Å²) in [6.45, 7) is 9.20. The third-order valence-electron chi connectivity index (χ3n) is 16.6. The second-order valence-corrected chi connectivity index (χ2v) is 22.4. The maximum Gasteiger partial charge on any atom is 0.306 e. The van der Waals surface area contributed by atoms with E-state index in [0.717, 1.165) is 57.8 Å². The van der Waals surface area contributed by atoms with Crippen LogP contribution in [0.3, 0.4) is 0 Å². The molecule has 1 amide bonds. The monoisotopic (exact) mass is 874 g/mol. The first-order chi connectivity index (χ1) is 29.3. The number of carbonyl (C=O) groups excluding carboxylic acids is 2. The molecule has 0 aromatic heterocycles. The minimum Gasteiger partial charge on any atom is -0.462 e. The number of ether oxygens (including phenoxy) is 1. The van der Waals surface area contributed by atoms with E-state index in [-0.39, 0.29) is 47.4 Å². The molecule has 9 heteroatoms. The molecule has 10 atom stereocenters. The van der Waals surface area contributed by atoms with Crippen molar-refractivity contribution in [1.29, 1.82) is 0 Å². The summed E-state index contributed by atoms with van der Waals surface area (Å²) in [5.74, 6) is 2.03. The molecule has 0 spiro atoms. The first-order valence-electron chi connectivity index (χ1n) is 25.7. The quantitative estimate of drug-likeness (QED) is 0.0283. The van der Waals surface area contributed by atoms with E-state index in [1.54, 1.807) is 0 Å². The van der Waals surface area contributed by atoms with Crippen molar-refractivity contribution < 1.29 is 32.4 Å². The Morgan fingerprint density at radius 2 is 1.36 bits per heavy atom. The van der Waals surface area contributed by atoms with Gasteiger partial charge in [0.2, 0.25) is 5.91 Å². The van der Waals surface area contributed by atoms with Crippen LogP contribution in [-0.4, -0.2) is 54.5 Å².